The summed E-state index contributed by atoms with van der Waals surface area (Å²) in [6, 6.07) is 0. The van der Waals surface area contributed by atoms with Crippen LogP contribution in [0.25, 0.3) is 0 Å². The number of rotatable bonds is 2. The standard InChI is InChI=1S/C7H9BN2O2/c11-8(12)6-3-9-7(10-4-6)5-1-2-5/h3-5,11-12H,1-2H2/i1D2,2D2,3D,4D,5D. The molecule has 2 rings (SSSR count). The topological polar surface area (TPSA) is 66.2 Å². The van der Waals surface area contributed by atoms with E-state index < -0.39 is 49.4 Å². The maximum atomic E-state index is 8.94. The predicted molar refractivity (Wildman–Crippen MR) is 43.8 cm³/mol. The van der Waals surface area contributed by atoms with Crippen LogP contribution in [0.15, 0.2) is 12.3 Å². The number of nitrogens with zero attached hydrogens (tertiary/aromatic N) is 2. The van der Waals surface area contributed by atoms with E-state index in [0.29, 0.717) is 0 Å². The van der Waals surface area contributed by atoms with Gasteiger partial charge in [0.2, 0.25) is 0 Å². The van der Waals surface area contributed by atoms with E-state index in [1.807, 2.05) is 0 Å². The van der Waals surface area contributed by atoms with E-state index in [4.69, 9.17) is 19.6 Å². The molecular weight excluding hydrogens is 155 g/mol. The van der Waals surface area contributed by atoms with E-state index in [9.17, 15) is 0 Å². The van der Waals surface area contributed by atoms with Crippen LogP contribution in [0.3, 0.4) is 0 Å². The fourth-order valence-corrected chi connectivity index (χ4v) is 0.647. The molecule has 0 radical (unpaired) electrons. The van der Waals surface area contributed by atoms with Crippen molar-refractivity contribution in [2.45, 2.75) is 18.6 Å². The lowest BCUT2D eigenvalue weighted by Gasteiger charge is -1.98. The van der Waals surface area contributed by atoms with Gasteiger partial charge in [-0.25, -0.2) is 9.97 Å². The third kappa shape index (κ3) is 1.46. The van der Waals surface area contributed by atoms with Gasteiger partial charge in [0.1, 0.15) is 5.82 Å². The van der Waals surface area contributed by atoms with Crippen molar-refractivity contribution >= 4 is 12.6 Å². The van der Waals surface area contributed by atoms with Gasteiger partial charge >= 0.3 is 7.12 Å². The van der Waals surface area contributed by atoms with Crippen LogP contribution in [-0.2, 0) is 0 Å². The van der Waals surface area contributed by atoms with Crippen molar-refractivity contribution < 1.29 is 19.6 Å². The fourth-order valence-electron chi connectivity index (χ4n) is 0.647. The molecule has 1 saturated carbocycles. The summed E-state index contributed by atoms with van der Waals surface area (Å²) in [5.74, 6) is -3.06. The zero-order valence-electron chi connectivity index (χ0n) is 12.9. The highest BCUT2D eigenvalue weighted by molar-refractivity contribution is 6.58. The molecule has 0 amide bonds. The van der Waals surface area contributed by atoms with Gasteiger partial charge in [0.25, 0.3) is 0 Å². The first-order chi connectivity index (χ1) is 8.48. The zero-order chi connectivity index (χ0) is 14.8. The van der Waals surface area contributed by atoms with Gasteiger partial charge in [-0.05, 0) is 12.7 Å². The Balaban J connectivity index is 2.57. The molecule has 2 N–H and O–H groups in total. The normalized spacial score (nSPS) is 35.7. The van der Waals surface area contributed by atoms with Gasteiger partial charge in [0.05, 0.1) is 2.74 Å². The summed E-state index contributed by atoms with van der Waals surface area (Å²) in [6.07, 6.45) is -6.57. The Morgan fingerprint density at radius 2 is 2.17 bits per heavy atom. The Morgan fingerprint density at radius 1 is 1.58 bits per heavy atom. The lowest BCUT2D eigenvalue weighted by molar-refractivity contribution is 0.425. The second-order valence-corrected chi connectivity index (χ2v) is 2.18. The molecular formula is C7H9BN2O2. The van der Waals surface area contributed by atoms with Crippen LogP contribution >= 0.6 is 0 Å². The highest BCUT2D eigenvalue weighted by Gasteiger charge is 2.26. The molecule has 0 unspecified atom stereocenters. The Morgan fingerprint density at radius 3 is 2.58 bits per heavy atom. The first-order valence-electron chi connectivity index (χ1n) is 6.70. The molecule has 1 fully saturated rings. The number of hydrogen-bond donors (Lipinski definition) is 2. The minimum Gasteiger partial charge on any atom is -0.423 e. The Bertz CT molecular complexity index is 515. The van der Waals surface area contributed by atoms with E-state index in [1.165, 1.54) is 0 Å². The summed E-state index contributed by atoms with van der Waals surface area (Å²) in [7, 11) is -2.14. The Kier molecular flexibility index (Phi) is 0.730. The lowest BCUT2D eigenvalue weighted by Crippen LogP contribution is -2.30. The van der Waals surface area contributed by atoms with E-state index in [0.717, 1.165) is 0 Å². The third-order valence-corrected chi connectivity index (χ3v) is 1.30. The summed E-state index contributed by atoms with van der Waals surface area (Å²) in [5.41, 5.74) is -0.575. The zero-order valence-corrected chi connectivity index (χ0v) is 5.87. The maximum absolute atomic E-state index is 8.94. The van der Waals surface area contributed by atoms with Crippen LogP contribution in [0, 0.1) is 0 Å². The molecule has 0 saturated heterocycles. The molecule has 62 valence electrons. The molecule has 1 aromatic rings. The Labute approximate surface area is 80.3 Å². The molecule has 0 atom stereocenters. The van der Waals surface area contributed by atoms with Crippen molar-refractivity contribution in [3.8, 4) is 0 Å². The quantitative estimate of drug-likeness (QED) is 0.562. The van der Waals surface area contributed by atoms with Crippen LogP contribution in [0.4, 0.5) is 0 Å². The molecule has 1 heterocycles. The monoisotopic (exact) mass is 171 g/mol. The summed E-state index contributed by atoms with van der Waals surface area (Å²) in [4.78, 5) is 6.86. The molecule has 0 bridgehead atoms. The molecule has 0 spiro atoms. The van der Waals surface area contributed by atoms with Crippen LogP contribution in [0.2, 0.25) is 0 Å². The van der Waals surface area contributed by atoms with Crippen molar-refractivity contribution in [2.24, 2.45) is 0 Å². The summed E-state index contributed by atoms with van der Waals surface area (Å²) in [5, 5.41) is 17.9. The van der Waals surface area contributed by atoms with Crippen molar-refractivity contribution in [3.63, 3.8) is 0 Å². The largest absolute Gasteiger partial charge is 0.491 e. The van der Waals surface area contributed by atoms with Crippen molar-refractivity contribution in [1.82, 2.24) is 9.97 Å². The van der Waals surface area contributed by atoms with E-state index in [1.54, 1.807) is 0 Å². The SMILES string of the molecule is [2H]c1nc(C2([2H])C([2H])([2H])C2([2H])[2H])nc([2H])c1B(O)O. The van der Waals surface area contributed by atoms with Gasteiger partial charge in [-0.3, -0.25) is 0 Å². The van der Waals surface area contributed by atoms with Crippen LogP contribution in [-0.4, -0.2) is 27.1 Å². The first kappa shape index (κ1) is 3.08. The van der Waals surface area contributed by atoms with Gasteiger partial charge in [0.15, 0.2) is 0 Å². The highest BCUT2D eigenvalue weighted by atomic mass is 16.4. The molecule has 0 aliphatic heterocycles. The van der Waals surface area contributed by atoms with Gasteiger partial charge < -0.3 is 10.0 Å². The van der Waals surface area contributed by atoms with Crippen LogP contribution in [0.5, 0.6) is 0 Å². The van der Waals surface area contributed by atoms with E-state index in [-0.39, 0.29) is 0 Å². The maximum Gasteiger partial charge on any atom is 0.491 e. The van der Waals surface area contributed by atoms with Crippen molar-refractivity contribution in [3.05, 3.63) is 18.2 Å². The second kappa shape index (κ2) is 2.84. The summed E-state index contributed by atoms with van der Waals surface area (Å²) >= 11 is 0. The lowest BCUT2D eigenvalue weighted by atomic mass is 9.83. The molecule has 1 aliphatic rings. The average molecular weight is 171 g/mol. The van der Waals surface area contributed by atoms with Gasteiger partial charge in [0, 0.05) is 30.6 Å². The molecule has 4 nitrogen and oxygen atoms in total. The number of hydrogen-bond acceptors (Lipinski definition) is 4. The van der Waals surface area contributed by atoms with Gasteiger partial charge in [-0.2, -0.15) is 0 Å². The second-order valence-electron chi connectivity index (χ2n) is 2.18. The van der Waals surface area contributed by atoms with Crippen LogP contribution in [0.1, 0.15) is 34.1 Å². The fraction of sp³-hybridized carbons (Fsp3) is 0.429. The van der Waals surface area contributed by atoms with Gasteiger partial charge in [-0.15, -0.1) is 0 Å². The first-order valence-corrected chi connectivity index (χ1v) is 3.20. The third-order valence-electron chi connectivity index (χ3n) is 1.30. The average Bonchev–Trinajstić information content (AvgIpc) is 2.55. The summed E-state index contributed by atoms with van der Waals surface area (Å²) < 4.78 is 52.4. The summed E-state index contributed by atoms with van der Waals surface area (Å²) in [6.45, 7) is 0. The Hall–Kier alpha value is -0.935. The van der Waals surface area contributed by atoms with E-state index >= 15 is 0 Å². The van der Waals surface area contributed by atoms with E-state index in [2.05, 4.69) is 9.97 Å². The van der Waals surface area contributed by atoms with Gasteiger partial charge in [-0.1, -0.05) is 0 Å². The van der Waals surface area contributed by atoms with Crippen LogP contribution < -0.4 is 5.46 Å². The van der Waals surface area contributed by atoms with Crippen molar-refractivity contribution in [2.75, 3.05) is 0 Å². The highest BCUT2D eigenvalue weighted by Crippen LogP contribution is 2.37. The molecule has 5 heteroatoms. The number of aromatic nitrogens is 2. The molecule has 0 aromatic carbocycles. The molecule has 1 aliphatic carbocycles. The predicted octanol–water partition coefficient (Wildman–Crippen LogP) is -0.966. The minimum absolute atomic E-state index is 0.575. The van der Waals surface area contributed by atoms with Crippen molar-refractivity contribution in [1.29, 1.82) is 0 Å². The molecule has 12 heavy (non-hydrogen) atoms. The smallest absolute Gasteiger partial charge is 0.423 e. The minimum atomic E-state index is -2.54. The molecule has 1 aromatic heterocycles.